The number of sulfonamides is 1. The van der Waals surface area contributed by atoms with E-state index >= 15 is 0 Å². The van der Waals surface area contributed by atoms with Crippen molar-refractivity contribution >= 4 is 26.0 Å². The molecule has 1 aromatic carbocycles. The van der Waals surface area contributed by atoms with Crippen LogP contribution in [0.2, 0.25) is 0 Å². The zero-order valence-electron chi connectivity index (χ0n) is 11.3. The third-order valence-corrected chi connectivity index (χ3v) is 6.36. The average Bonchev–Trinajstić information content (AvgIpc) is 2.47. The minimum atomic E-state index is -3.65. The molecule has 0 aromatic heterocycles. The van der Waals surface area contributed by atoms with Crippen molar-refractivity contribution in [3.63, 3.8) is 0 Å². The first-order chi connectivity index (χ1) is 9.42. The van der Waals surface area contributed by atoms with Gasteiger partial charge in [0.05, 0.1) is 11.0 Å². The van der Waals surface area contributed by atoms with Crippen molar-refractivity contribution < 1.29 is 8.42 Å². The molecule has 0 radical (unpaired) electrons. The molecule has 4 nitrogen and oxygen atoms in total. The van der Waals surface area contributed by atoms with E-state index < -0.39 is 15.6 Å². The van der Waals surface area contributed by atoms with Crippen molar-refractivity contribution in [3.05, 3.63) is 28.7 Å². The van der Waals surface area contributed by atoms with Crippen LogP contribution in [0.5, 0.6) is 0 Å². The van der Waals surface area contributed by atoms with E-state index in [9.17, 15) is 13.7 Å². The molecule has 0 aliphatic heterocycles. The average molecular weight is 357 g/mol. The van der Waals surface area contributed by atoms with Gasteiger partial charge in [-0.2, -0.15) is 9.57 Å². The highest BCUT2D eigenvalue weighted by Crippen LogP contribution is 2.35. The van der Waals surface area contributed by atoms with Gasteiger partial charge in [-0.3, -0.25) is 0 Å². The predicted molar refractivity (Wildman–Crippen MR) is 80.5 cm³/mol. The molecule has 0 unspecified atom stereocenters. The number of benzene rings is 1. The van der Waals surface area contributed by atoms with Crippen LogP contribution in [0.4, 0.5) is 0 Å². The second kappa shape index (κ2) is 5.84. The second-order valence-corrected chi connectivity index (χ2v) is 8.02. The summed E-state index contributed by atoms with van der Waals surface area (Å²) in [5.74, 6) is 0. The molecule has 0 amide bonds. The van der Waals surface area contributed by atoms with Crippen LogP contribution >= 0.6 is 15.9 Å². The predicted octanol–water partition coefficient (Wildman–Crippen LogP) is 3.30. The Morgan fingerprint density at radius 2 is 1.95 bits per heavy atom. The highest BCUT2D eigenvalue weighted by Gasteiger charge is 2.42. The summed E-state index contributed by atoms with van der Waals surface area (Å²) < 4.78 is 27.4. The van der Waals surface area contributed by atoms with Crippen molar-refractivity contribution in [2.24, 2.45) is 0 Å². The number of hydrogen-bond donors (Lipinski definition) is 0. The Kier molecular flexibility index (Phi) is 4.52. The van der Waals surface area contributed by atoms with Crippen molar-refractivity contribution in [2.45, 2.75) is 42.5 Å². The maximum Gasteiger partial charge on any atom is 0.244 e. The molecule has 6 heteroatoms. The van der Waals surface area contributed by atoms with Gasteiger partial charge in [-0.15, -0.1) is 0 Å². The van der Waals surface area contributed by atoms with Crippen LogP contribution in [0.3, 0.4) is 0 Å². The third kappa shape index (κ3) is 2.76. The molecule has 108 valence electrons. The van der Waals surface area contributed by atoms with Crippen LogP contribution in [-0.4, -0.2) is 25.3 Å². The van der Waals surface area contributed by atoms with Crippen LogP contribution in [0.1, 0.15) is 32.1 Å². The normalized spacial score (nSPS) is 18.7. The molecule has 1 aliphatic rings. The van der Waals surface area contributed by atoms with Gasteiger partial charge in [0.15, 0.2) is 0 Å². The van der Waals surface area contributed by atoms with E-state index in [4.69, 9.17) is 0 Å². The lowest BCUT2D eigenvalue weighted by Crippen LogP contribution is -2.49. The Bertz CT molecular complexity index is 631. The summed E-state index contributed by atoms with van der Waals surface area (Å²) in [6, 6.07) is 8.83. The van der Waals surface area contributed by atoms with Gasteiger partial charge in [0.25, 0.3) is 0 Å². The van der Waals surface area contributed by atoms with Crippen LogP contribution in [0.25, 0.3) is 0 Å². The summed E-state index contributed by atoms with van der Waals surface area (Å²) in [4.78, 5) is 0.217. The molecule has 0 atom stereocenters. The molecule has 0 bridgehead atoms. The lowest BCUT2D eigenvalue weighted by atomic mass is 9.83. The van der Waals surface area contributed by atoms with Crippen LogP contribution in [0.15, 0.2) is 33.6 Å². The number of nitriles is 1. The first kappa shape index (κ1) is 15.5. The second-order valence-electron chi connectivity index (χ2n) is 5.13. The van der Waals surface area contributed by atoms with Crippen LogP contribution < -0.4 is 0 Å². The summed E-state index contributed by atoms with van der Waals surface area (Å²) in [6.07, 6.45) is 4.06. The highest BCUT2D eigenvalue weighted by molar-refractivity contribution is 9.10. The van der Waals surface area contributed by atoms with E-state index in [2.05, 4.69) is 22.0 Å². The number of hydrogen-bond acceptors (Lipinski definition) is 3. The number of halogens is 1. The first-order valence-corrected chi connectivity index (χ1v) is 8.81. The van der Waals surface area contributed by atoms with Crippen molar-refractivity contribution in [1.29, 1.82) is 5.26 Å². The van der Waals surface area contributed by atoms with E-state index in [1.807, 2.05) is 0 Å². The maximum atomic E-state index is 12.7. The largest absolute Gasteiger partial charge is 0.244 e. The van der Waals surface area contributed by atoms with Gasteiger partial charge in [-0.05, 0) is 31.0 Å². The molecule has 20 heavy (non-hydrogen) atoms. The molecule has 0 saturated heterocycles. The van der Waals surface area contributed by atoms with Crippen LogP contribution in [0, 0.1) is 11.3 Å². The number of rotatable bonds is 3. The summed E-state index contributed by atoms with van der Waals surface area (Å²) in [7, 11) is -2.13. The van der Waals surface area contributed by atoms with Gasteiger partial charge in [-0.1, -0.05) is 41.3 Å². The fraction of sp³-hybridized carbons (Fsp3) is 0.500. The van der Waals surface area contributed by atoms with Crippen LogP contribution in [-0.2, 0) is 10.0 Å². The fourth-order valence-electron chi connectivity index (χ4n) is 2.65. The smallest absolute Gasteiger partial charge is 0.207 e. The molecule has 0 heterocycles. The lowest BCUT2D eigenvalue weighted by Gasteiger charge is -2.38. The zero-order chi connectivity index (χ0) is 14.8. The highest BCUT2D eigenvalue weighted by atomic mass is 79.9. The topological polar surface area (TPSA) is 61.2 Å². The molecule has 2 rings (SSSR count). The Morgan fingerprint density at radius 3 is 2.50 bits per heavy atom. The van der Waals surface area contributed by atoms with E-state index in [-0.39, 0.29) is 4.90 Å². The fourth-order valence-corrected chi connectivity index (χ4v) is 4.73. The van der Waals surface area contributed by atoms with Crippen molar-refractivity contribution in [1.82, 2.24) is 4.31 Å². The molecule has 1 aliphatic carbocycles. The monoisotopic (exact) mass is 356 g/mol. The van der Waals surface area contributed by atoms with Gasteiger partial charge < -0.3 is 0 Å². The Labute approximate surface area is 128 Å². The van der Waals surface area contributed by atoms with Crippen molar-refractivity contribution in [3.8, 4) is 6.07 Å². The van der Waals surface area contributed by atoms with Gasteiger partial charge in [0.1, 0.15) is 5.54 Å². The van der Waals surface area contributed by atoms with Gasteiger partial charge in [-0.25, -0.2) is 8.42 Å². The minimum absolute atomic E-state index is 0.217. The standard InChI is InChI=1S/C14H17BrN2O2S/c1-17(14(11-16)8-3-2-4-9-14)20(18,19)13-7-5-6-12(15)10-13/h5-7,10H,2-4,8-9H2,1H3. The quantitative estimate of drug-likeness (QED) is 0.834. The first-order valence-electron chi connectivity index (χ1n) is 6.58. The van der Waals surface area contributed by atoms with E-state index in [1.165, 1.54) is 11.4 Å². The molecule has 1 saturated carbocycles. The molecular weight excluding hydrogens is 340 g/mol. The van der Waals surface area contributed by atoms with Gasteiger partial charge >= 0.3 is 0 Å². The van der Waals surface area contributed by atoms with Gasteiger partial charge in [0, 0.05) is 11.5 Å². The summed E-state index contributed by atoms with van der Waals surface area (Å²) >= 11 is 3.28. The Hall–Kier alpha value is -0.900. The zero-order valence-corrected chi connectivity index (χ0v) is 13.7. The molecule has 0 spiro atoms. The van der Waals surface area contributed by atoms with Crippen molar-refractivity contribution in [2.75, 3.05) is 7.05 Å². The van der Waals surface area contributed by atoms with E-state index in [0.717, 1.165) is 19.3 Å². The lowest BCUT2D eigenvalue weighted by molar-refractivity contribution is 0.212. The van der Waals surface area contributed by atoms with E-state index in [0.29, 0.717) is 17.3 Å². The van der Waals surface area contributed by atoms with E-state index in [1.54, 1.807) is 24.3 Å². The Morgan fingerprint density at radius 1 is 1.30 bits per heavy atom. The molecule has 0 N–H and O–H groups in total. The molecule has 1 fully saturated rings. The maximum absolute atomic E-state index is 12.7. The summed E-state index contributed by atoms with van der Waals surface area (Å²) in [5, 5.41) is 9.51. The number of nitrogens with zero attached hydrogens (tertiary/aromatic N) is 2. The molecular formula is C14H17BrN2O2S. The minimum Gasteiger partial charge on any atom is -0.207 e. The summed E-state index contributed by atoms with van der Waals surface area (Å²) in [6.45, 7) is 0. The van der Waals surface area contributed by atoms with Gasteiger partial charge in [0.2, 0.25) is 10.0 Å². The molecule has 1 aromatic rings. The summed E-state index contributed by atoms with van der Waals surface area (Å²) in [5.41, 5.74) is -0.903. The SMILES string of the molecule is CN(C1(C#N)CCCCC1)S(=O)(=O)c1cccc(Br)c1. The third-order valence-electron chi connectivity index (χ3n) is 3.95. The Balaban J connectivity index is 2.41.